The van der Waals surface area contributed by atoms with Crippen LogP contribution in [-0.2, 0) is 15.4 Å². The summed E-state index contributed by atoms with van der Waals surface area (Å²) in [5.41, 5.74) is 2.53. The Morgan fingerprint density at radius 2 is 1.52 bits per heavy atom. The number of benzene rings is 2. The Bertz CT molecular complexity index is 627. The Kier molecular flexibility index (Phi) is 4.47. The zero-order chi connectivity index (χ0) is 15.3. The molecule has 0 heterocycles. The van der Waals surface area contributed by atoms with Gasteiger partial charge < -0.3 is 5.11 Å². The van der Waals surface area contributed by atoms with Crippen molar-refractivity contribution in [1.82, 2.24) is 5.48 Å². The summed E-state index contributed by atoms with van der Waals surface area (Å²) in [6.07, 6.45) is 0. The molecule has 0 radical (unpaired) electrons. The van der Waals surface area contributed by atoms with E-state index in [1.54, 1.807) is 60.7 Å². The van der Waals surface area contributed by atoms with E-state index < -0.39 is 17.5 Å². The summed E-state index contributed by atoms with van der Waals surface area (Å²) in [5.74, 6) is -3.47. The molecular weight excluding hydrogens is 270 g/mol. The molecule has 0 aliphatic rings. The lowest BCUT2D eigenvalue weighted by Crippen LogP contribution is -2.44. The molecule has 2 aromatic carbocycles. The molecule has 0 saturated heterocycles. The maximum absolute atomic E-state index is 12.6. The summed E-state index contributed by atoms with van der Waals surface area (Å²) in [6, 6.07) is 16.4. The molecule has 5 heteroatoms. The van der Waals surface area contributed by atoms with Gasteiger partial charge in [-0.1, -0.05) is 60.7 Å². The number of nitrogens with one attached hydrogen (secondary N) is 1. The average Bonchev–Trinajstić information content (AvgIpc) is 2.53. The van der Waals surface area contributed by atoms with Crippen LogP contribution in [0.1, 0.15) is 22.8 Å². The van der Waals surface area contributed by atoms with Gasteiger partial charge in [0.2, 0.25) is 11.7 Å². The Labute approximate surface area is 122 Å². The van der Waals surface area contributed by atoms with E-state index in [2.05, 4.69) is 0 Å². The zero-order valence-corrected chi connectivity index (χ0v) is 11.4. The molecule has 5 nitrogen and oxygen atoms in total. The monoisotopic (exact) mass is 285 g/mol. The number of hydroxylamine groups is 1. The van der Waals surface area contributed by atoms with E-state index in [4.69, 9.17) is 4.84 Å². The van der Waals surface area contributed by atoms with Crippen molar-refractivity contribution in [2.45, 2.75) is 12.7 Å². The molecule has 1 atom stereocenters. The van der Waals surface area contributed by atoms with Crippen molar-refractivity contribution in [2.24, 2.45) is 0 Å². The number of rotatable bonds is 5. The van der Waals surface area contributed by atoms with Gasteiger partial charge in [0.05, 0.1) is 0 Å². The second-order valence-corrected chi connectivity index (χ2v) is 4.47. The van der Waals surface area contributed by atoms with E-state index in [1.807, 2.05) is 5.48 Å². The zero-order valence-electron chi connectivity index (χ0n) is 11.4. The fourth-order valence-electron chi connectivity index (χ4n) is 1.83. The van der Waals surface area contributed by atoms with Gasteiger partial charge in [0.15, 0.2) is 0 Å². The Balaban J connectivity index is 2.41. The maximum atomic E-state index is 12.6. The highest BCUT2D eigenvalue weighted by Crippen LogP contribution is 2.26. The van der Waals surface area contributed by atoms with Crippen LogP contribution in [0.3, 0.4) is 0 Å². The van der Waals surface area contributed by atoms with Crippen LogP contribution < -0.4 is 5.48 Å². The SMILES string of the molecule is CC(=O)NOC(O)(C(=O)c1ccccc1)c1ccccc1. The highest BCUT2D eigenvalue weighted by atomic mass is 16.7. The van der Waals surface area contributed by atoms with Crippen molar-refractivity contribution in [3.63, 3.8) is 0 Å². The van der Waals surface area contributed by atoms with Gasteiger partial charge in [-0.05, 0) is 0 Å². The lowest BCUT2D eigenvalue weighted by molar-refractivity contribution is -0.212. The fourth-order valence-corrected chi connectivity index (χ4v) is 1.83. The van der Waals surface area contributed by atoms with Gasteiger partial charge in [-0.25, -0.2) is 10.3 Å². The molecule has 0 aliphatic heterocycles. The number of hydrogen-bond donors (Lipinski definition) is 2. The van der Waals surface area contributed by atoms with Crippen LogP contribution in [0, 0.1) is 0 Å². The quantitative estimate of drug-likeness (QED) is 0.499. The number of hydrogen-bond acceptors (Lipinski definition) is 4. The van der Waals surface area contributed by atoms with Gasteiger partial charge in [-0.3, -0.25) is 9.59 Å². The maximum Gasteiger partial charge on any atom is 0.281 e. The summed E-state index contributed by atoms with van der Waals surface area (Å²) >= 11 is 0. The van der Waals surface area contributed by atoms with E-state index in [9.17, 15) is 14.7 Å². The van der Waals surface area contributed by atoms with Gasteiger partial charge >= 0.3 is 0 Å². The summed E-state index contributed by atoms with van der Waals surface area (Å²) in [5, 5.41) is 10.7. The number of aliphatic hydroxyl groups is 1. The molecule has 1 amide bonds. The van der Waals surface area contributed by atoms with Crippen molar-refractivity contribution < 1.29 is 19.5 Å². The minimum atomic E-state index is -2.28. The summed E-state index contributed by atoms with van der Waals surface area (Å²) in [4.78, 5) is 28.6. The second kappa shape index (κ2) is 6.30. The number of Topliss-reactive ketones (excluding diaryl/α,β-unsaturated/α-hetero) is 1. The van der Waals surface area contributed by atoms with Gasteiger partial charge in [0.25, 0.3) is 5.79 Å². The van der Waals surface area contributed by atoms with Gasteiger partial charge in [-0.2, -0.15) is 0 Å². The van der Waals surface area contributed by atoms with Gasteiger partial charge in [-0.15, -0.1) is 0 Å². The molecular formula is C16H15NO4. The van der Waals surface area contributed by atoms with Crippen LogP contribution in [0.25, 0.3) is 0 Å². The van der Waals surface area contributed by atoms with Crippen molar-refractivity contribution in [3.8, 4) is 0 Å². The predicted molar refractivity (Wildman–Crippen MR) is 76.0 cm³/mol. The molecule has 0 saturated carbocycles. The van der Waals surface area contributed by atoms with E-state index in [1.165, 1.54) is 6.92 Å². The topological polar surface area (TPSA) is 75.6 Å². The molecule has 1 unspecified atom stereocenters. The first-order chi connectivity index (χ1) is 10.0. The molecule has 0 aliphatic carbocycles. The molecule has 2 rings (SSSR count). The van der Waals surface area contributed by atoms with Crippen molar-refractivity contribution in [2.75, 3.05) is 0 Å². The van der Waals surface area contributed by atoms with Crippen LogP contribution in [0.15, 0.2) is 60.7 Å². The average molecular weight is 285 g/mol. The summed E-state index contributed by atoms with van der Waals surface area (Å²) < 4.78 is 0. The molecule has 0 spiro atoms. The first-order valence-electron chi connectivity index (χ1n) is 6.36. The minimum absolute atomic E-state index is 0.229. The molecule has 108 valence electrons. The van der Waals surface area contributed by atoms with Gasteiger partial charge in [0.1, 0.15) is 0 Å². The highest BCUT2D eigenvalue weighted by molar-refractivity contribution is 6.01. The molecule has 0 fully saturated rings. The Hall–Kier alpha value is -2.50. The van der Waals surface area contributed by atoms with Crippen LogP contribution >= 0.6 is 0 Å². The van der Waals surface area contributed by atoms with Crippen molar-refractivity contribution in [3.05, 3.63) is 71.8 Å². The van der Waals surface area contributed by atoms with E-state index in [-0.39, 0.29) is 11.1 Å². The van der Waals surface area contributed by atoms with E-state index in [0.29, 0.717) is 0 Å². The standard InChI is InChI=1S/C16H15NO4/c1-12(18)17-21-16(20,14-10-6-3-7-11-14)15(19)13-8-4-2-5-9-13/h2-11,20H,1H3,(H,17,18). The second-order valence-electron chi connectivity index (χ2n) is 4.47. The first-order valence-corrected chi connectivity index (χ1v) is 6.36. The molecule has 21 heavy (non-hydrogen) atoms. The van der Waals surface area contributed by atoms with E-state index in [0.717, 1.165) is 0 Å². The van der Waals surface area contributed by atoms with Crippen LogP contribution in [0.2, 0.25) is 0 Å². The normalized spacial score (nSPS) is 13.2. The summed E-state index contributed by atoms with van der Waals surface area (Å²) in [7, 11) is 0. The highest BCUT2D eigenvalue weighted by Gasteiger charge is 2.41. The smallest absolute Gasteiger partial charge is 0.281 e. The third-order valence-electron chi connectivity index (χ3n) is 2.85. The van der Waals surface area contributed by atoms with Crippen LogP contribution in [0.5, 0.6) is 0 Å². The van der Waals surface area contributed by atoms with Crippen LogP contribution in [0.4, 0.5) is 0 Å². The lowest BCUT2D eigenvalue weighted by atomic mass is 9.96. The van der Waals surface area contributed by atoms with E-state index >= 15 is 0 Å². The third kappa shape index (κ3) is 3.34. The minimum Gasteiger partial charge on any atom is -0.354 e. The molecule has 0 aromatic heterocycles. The number of amides is 1. The lowest BCUT2D eigenvalue weighted by Gasteiger charge is -2.26. The molecule has 2 N–H and O–H groups in total. The van der Waals surface area contributed by atoms with Crippen LogP contribution in [-0.4, -0.2) is 16.8 Å². The number of carbonyl (C=O) groups is 2. The van der Waals surface area contributed by atoms with Crippen molar-refractivity contribution in [1.29, 1.82) is 0 Å². The molecule has 2 aromatic rings. The molecule has 0 bridgehead atoms. The predicted octanol–water partition coefficient (Wildman–Crippen LogP) is 1.78. The van der Waals surface area contributed by atoms with Gasteiger partial charge in [0, 0.05) is 18.1 Å². The number of carbonyl (C=O) groups excluding carboxylic acids is 2. The van der Waals surface area contributed by atoms with Crippen molar-refractivity contribution >= 4 is 11.7 Å². The Morgan fingerprint density at radius 3 is 2.05 bits per heavy atom. The fraction of sp³-hybridized carbons (Fsp3) is 0.125. The number of ketones is 1. The Morgan fingerprint density at radius 1 is 1.00 bits per heavy atom. The third-order valence-corrected chi connectivity index (χ3v) is 2.85. The summed E-state index contributed by atoms with van der Waals surface area (Å²) in [6.45, 7) is 1.22. The first kappa shape index (κ1) is 14.9. The largest absolute Gasteiger partial charge is 0.354 e.